The smallest absolute Gasteiger partial charge is 0.323 e. The molecular formula is C22H19ClN4O2. The lowest BCUT2D eigenvalue weighted by Crippen LogP contribution is -2.20. The maximum atomic E-state index is 12.3. The summed E-state index contributed by atoms with van der Waals surface area (Å²) >= 11 is 5.85. The fraction of sp³-hybridized carbons (Fsp3) is 0.136. The van der Waals surface area contributed by atoms with Gasteiger partial charge in [-0.25, -0.2) is 14.8 Å². The molecule has 0 aliphatic carbocycles. The number of halogens is 1. The number of carbonyl (C=O) groups is 1. The van der Waals surface area contributed by atoms with E-state index in [-0.39, 0.29) is 11.8 Å². The van der Waals surface area contributed by atoms with Gasteiger partial charge in [0.1, 0.15) is 10.8 Å². The Bertz CT molecular complexity index is 1070. The minimum Gasteiger partial charge on any atom is -0.392 e. The fourth-order valence-electron chi connectivity index (χ4n) is 2.52. The lowest BCUT2D eigenvalue weighted by atomic mass is 10.1. The van der Waals surface area contributed by atoms with E-state index >= 15 is 0 Å². The summed E-state index contributed by atoms with van der Waals surface area (Å²) in [6, 6.07) is 12.4. The van der Waals surface area contributed by atoms with Crippen molar-refractivity contribution in [1.29, 1.82) is 0 Å². The standard InChI is InChI=1S/C22H19ClN4O2/c1-2-15-3-5-16(6-4-15)7-8-18-11-19(9-10-24-18)26-22(29)27-20-12-21(23)25-13-17(20)14-28/h3-6,9-13,28H,2,14H2,1H3,(H2,24,25,26,27,29). The van der Waals surface area contributed by atoms with Crippen LogP contribution in [0, 0.1) is 11.8 Å². The number of aliphatic hydroxyl groups excluding tert-OH is 1. The Labute approximate surface area is 174 Å². The lowest BCUT2D eigenvalue weighted by Gasteiger charge is -2.10. The maximum Gasteiger partial charge on any atom is 0.323 e. The topological polar surface area (TPSA) is 87.1 Å². The molecule has 1 aromatic carbocycles. The van der Waals surface area contributed by atoms with Gasteiger partial charge in [0.15, 0.2) is 0 Å². The first-order chi connectivity index (χ1) is 14.1. The molecule has 0 aliphatic rings. The van der Waals surface area contributed by atoms with E-state index in [1.54, 1.807) is 18.3 Å². The van der Waals surface area contributed by atoms with Gasteiger partial charge in [-0.1, -0.05) is 36.6 Å². The predicted octanol–water partition coefficient (Wildman–Crippen LogP) is 4.23. The SMILES string of the molecule is CCc1ccc(C#Cc2cc(NC(=O)Nc3cc(Cl)ncc3CO)ccn2)cc1. The van der Waals surface area contributed by atoms with E-state index in [1.165, 1.54) is 17.8 Å². The van der Waals surface area contributed by atoms with E-state index in [1.807, 2.05) is 24.3 Å². The first-order valence-electron chi connectivity index (χ1n) is 8.97. The molecule has 2 aromatic heterocycles. The third-order valence-electron chi connectivity index (χ3n) is 4.09. The van der Waals surface area contributed by atoms with Crippen molar-refractivity contribution in [3.05, 3.63) is 82.4 Å². The molecule has 0 atom stereocenters. The molecule has 29 heavy (non-hydrogen) atoms. The summed E-state index contributed by atoms with van der Waals surface area (Å²) in [6.45, 7) is 1.83. The molecule has 0 saturated carbocycles. The van der Waals surface area contributed by atoms with Crippen molar-refractivity contribution in [1.82, 2.24) is 9.97 Å². The molecule has 146 valence electrons. The fourth-order valence-corrected chi connectivity index (χ4v) is 2.68. The zero-order chi connectivity index (χ0) is 20.6. The highest BCUT2D eigenvalue weighted by Crippen LogP contribution is 2.19. The number of benzene rings is 1. The van der Waals surface area contributed by atoms with Crippen LogP contribution in [0.25, 0.3) is 0 Å². The van der Waals surface area contributed by atoms with E-state index in [4.69, 9.17) is 11.6 Å². The van der Waals surface area contributed by atoms with Gasteiger partial charge >= 0.3 is 6.03 Å². The van der Waals surface area contributed by atoms with Gasteiger partial charge in [-0.05, 0) is 48.2 Å². The highest BCUT2D eigenvalue weighted by atomic mass is 35.5. The normalized spacial score (nSPS) is 10.0. The average molecular weight is 407 g/mol. The third-order valence-corrected chi connectivity index (χ3v) is 4.29. The number of urea groups is 1. The van der Waals surface area contributed by atoms with Gasteiger partial charge in [0.25, 0.3) is 0 Å². The van der Waals surface area contributed by atoms with E-state index in [9.17, 15) is 9.90 Å². The number of hydrogen-bond acceptors (Lipinski definition) is 4. The van der Waals surface area contributed by atoms with Crippen molar-refractivity contribution in [2.45, 2.75) is 20.0 Å². The van der Waals surface area contributed by atoms with Crippen molar-refractivity contribution in [2.75, 3.05) is 10.6 Å². The Morgan fingerprint density at radius 1 is 1.10 bits per heavy atom. The number of aromatic nitrogens is 2. The monoisotopic (exact) mass is 406 g/mol. The number of anilines is 2. The van der Waals surface area contributed by atoms with Gasteiger partial charge in [-0.3, -0.25) is 0 Å². The molecule has 0 fully saturated rings. The summed E-state index contributed by atoms with van der Waals surface area (Å²) in [5, 5.41) is 14.9. The number of aryl methyl sites for hydroxylation is 1. The Hall–Kier alpha value is -3.40. The first kappa shape index (κ1) is 20.3. The van der Waals surface area contributed by atoms with E-state index in [0.717, 1.165) is 12.0 Å². The zero-order valence-electron chi connectivity index (χ0n) is 15.7. The number of carbonyl (C=O) groups excluding carboxylic acids is 1. The zero-order valence-corrected chi connectivity index (χ0v) is 16.5. The molecule has 3 N–H and O–H groups in total. The van der Waals surface area contributed by atoms with Gasteiger partial charge in [0.05, 0.1) is 12.3 Å². The van der Waals surface area contributed by atoms with Crippen LogP contribution in [-0.4, -0.2) is 21.1 Å². The molecule has 0 spiro atoms. The Kier molecular flexibility index (Phi) is 6.80. The second kappa shape index (κ2) is 9.69. The van der Waals surface area contributed by atoms with Crippen molar-refractivity contribution in [2.24, 2.45) is 0 Å². The van der Waals surface area contributed by atoms with Crippen LogP contribution < -0.4 is 10.6 Å². The first-order valence-corrected chi connectivity index (χ1v) is 9.35. The van der Waals surface area contributed by atoms with Gasteiger partial charge < -0.3 is 15.7 Å². The molecule has 0 saturated heterocycles. The Morgan fingerprint density at radius 3 is 2.62 bits per heavy atom. The number of amides is 2. The van der Waals surface area contributed by atoms with Crippen LogP contribution in [0.5, 0.6) is 0 Å². The summed E-state index contributed by atoms with van der Waals surface area (Å²) in [5.74, 6) is 6.06. The van der Waals surface area contributed by atoms with E-state index < -0.39 is 6.03 Å². The number of pyridine rings is 2. The van der Waals surface area contributed by atoms with Crippen LogP contribution in [0.4, 0.5) is 16.2 Å². The predicted molar refractivity (Wildman–Crippen MR) is 114 cm³/mol. The van der Waals surface area contributed by atoms with Gasteiger partial charge in [0, 0.05) is 29.2 Å². The third kappa shape index (κ3) is 5.79. The number of hydrogen-bond donors (Lipinski definition) is 3. The van der Waals surface area contributed by atoms with Crippen molar-refractivity contribution >= 4 is 29.0 Å². The van der Waals surface area contributed by atoms with Crippen LogP contribution in [-0.2, 0) is 13.0 Å². The highest BCUT2D eigenvalue weighted by molar-refractivity contribution is 6.29. The summed E-state index contributed by atoms with van der Waals surface area (Å²) in [6.07, 6.45) is 3.96. The number of nitrogens with one attached hydrogen (secondary N) is 2. The molecular weight excluding hydrogens is 388 g/mol. The second-order valence-corrected chi connectivity index (χ2v) is 6.52. The highest BCUT2D eigenvalue weighted by Gasteiger charge is 2.08. The molecule has 2 amide bonds. The molecule has 3 aromatic rings. The van der Waals surface area contributed by atoms with Crippen molar-refractivity contribution < 1.29 is 9.90 Å². The molecule has 0 unspecified atom stereocenters. The van der Waals surface area contributed by atoms with Crippen LogP contribution >= 0.6 is 11.6 Å². The largest absolute Gasteiger partial charge is 0.392 e. The van der Waals surface area contributed by atoms with Crippen LogP contribution in [0.1, 0.15) is 29.3 Å². The van der Waals surface area contributed by atoms with Gasteiger partial charge in [0.2, 0.25) is 0 Å². The summed E-state index contributed by atoms with van der Waals surface area (Å²) in [5.41, 5.74) is 4.06. The molecule has 0 radical (unpaired) electrons. The molecule has 6 nitrogen and oxygen atoms in total. The summed E-state index contributed by atoms with van der Waals surface area (Å²) in [4.78, 5) is 20.4. The van der Waals surface area contributed by atoms with Crippen molar-refractivity contribution in [3.8, 4) is 11.8 Å². The Morgan fingerprint density at radius 2 is 1.90 bits per heavy atom. The number of aliphatic hydroxyl groups is 1. The van der Waals surface area contributed by atoms with E-state index in [0.29, 0.717) is 22.6 Å². The molecule has 2 heterocycles. The minimum atomic E-state index is -0.484. The minimum absolute atomic E-state index is 0.214. The Balaban J connectivity index is 1.69. The van der Waals surface area contributed by atoms with Crippen LogP contribution in [0.15, 0.2) is 54.9 Å². The lowest BCUT2D eigenvalue weighted by molar-refractivity contribution is 0.262. The summed E-state index contributed by atoms with van der Waals surface area (Å²) < 4.78 is 0. The van der Waals surface area contributed by atoms with Gasteiger partial charge in [-0.15, -0.1) is 0 Å². The van der Waals surface area contributed by atoms with Crippen LogP contribution in [0.2, 0.25) is 5.15 Å². The van der Waals surface area contributed by atoms with Crippen molar-refractivity contribution in [3.63, 3.8) is 0 Å². The summed E-state index contributed by atoms with van der Waals surface area (Å²) in [7, 11) is 0. The van der Waals surface area contributed by atoms with Crippen LogP contribution in [0.3, 0.4) is 0 Å². The molecule has 0 bridgehead atoms. The number of rotatable bonds is 4. The average Bonchev–Trinajstić information content (AvgIpc) is 2.73. The quantitative estimate of drug-likeness (QED) is 0.447. The number of nitrogens with zero attached hydrogens (tertiary/aromatic N) is 2. The van der Waals surface area contributed by atoms with Gasteiger partial charge in [-0.2, -0.15) is 0 Å². The molecule has 3 rings (SSSR count). The molecule has 0 aliphatic heterocycles. The molecule has 7 heteroatoms. The second-order valence-electron chi connectivity index (χ2n) is 6.13. The maximum absolute atomic E-state index is 12.3. The van der Waals surface area contributed by atoms with E-state index in [2.05, 4.69) is 39.4 Å².